The topological polar surface area (TPSA) is 64.9 Å². The summed E-state index contributed by atoms with van der Waals surface area (Å²) in [6, 6.07) is 7.76. The maximum atomic E-state index is 5.72. The molecule has 4 N–H and O–H groups in total. The predicted octanol–water partition coefficient (Wildman–Crippen LogP) is 1.89. The van der Waals surface area contributed by atoms with E-state index in [1.54, 1.807) is 11.3 Å². The fourth-order valence-corrected chi connectivity index (χ4v) is 2.23. The van der Waals surface area contributed by atoms with Crippen LogP contribution in [0.2, 0.25) is 0 Å². The first-order valence-electron chi connectivity index (χ1n) is 4.80. The number of benzene rings is 1. The SMILES string of the molecule is NCCc1csc(-c2cccc(N)c2)n1. The Labute approximate surface area is 92.8 Å². The average molecular weight is 219 g/mol. The minimum absolute atomic E-state index is 0.639. The zero-order valence-corrected chi connectivity index (χ0v) is 9.13. The van der Waals surface area contributed by atoms with Gasteiger partial charge in [-0.25, -0.2) is 4.98 Å². The van der Waals surface area contributed by atoms with Gasteiger partial charge >= 0.3 is 0 Å². The summed E-state index contributed by atoms with van der Waals surface area (Å²) in [6.07, 6.45) is 0.832. The molecule has 2 aromatic rings. The molecule has 2 rings (SSSR count). The largest absolute Gasteiger partial charge is 0.399 e. The molecule has 0 saturated heterocycles. The van der Waals surface area contributed by atoms with Gasteiger partial charge in [0.15, 0.2) is 0 Å². The van der Waals surface area contributed by atoms with Crippen LogP contribution in [0, 0.1) is 0 Å². The summed E-state index contributed by atoms with van der Waals surface area (Å²) in [5.41, 5.74) is 14.1. The fourth-order valence-electron chi connectivity index (χ4n) is 1.37. The van der Waals surface area contributed by atoms with Crippen molar-refractivity contribution in [2.24, 2.45) is 5.73 Å². The van der Waals surface area contributed by atoms with Crippen molar-refractivity contribution in [1.82, 2.24) is 4.98 Å². The lowest BCUT2D eigenvalue weighted by Crippen LogP contribution is -2.02. The molecule has 0 aliphatic rings. The summed E-state index contributed by atoms with van der Waals surface area (Å²) >= 11 is 1.63. The van der Waals surface area contributed by atoms with Crippen LogP contribution < -0.4 is 11.5 Å². The number of hydrogen-bond acceptors (Lipinski definition) is 4. The maximum absolute atomic E-state index is 5.72. The summed E-state index contributed by atoms with van der Waals surface area (Å²) in [5.74, 6) is 0. The number of thiazole rings is 1. The third-order valence-corrected chi connectivity index (χ3v) is 3.03. The molecule has 1 heterocycles. The highest BCUT2D eigenvalue weighted by molar-refractivity contribution is 7.13. The molecule has 0 fully saturated rings. The number of nitrogens with zero attached hydrogens (tertiary/aromatic N) is 1. The molecule has 1 aromatic carbocycles. The van der Waals surface area contributed by atoms with Crippen LogP contribution >= 0.6 is 11.3 Å². The van der Waals surface area contributed by atoms with E-state index in [0.29, 0.717) is 6.54 Å². The van der Waals surface area contributed by atoms with Crippen LogP contribution in [0.25, 0.3) is 10.6 Å². The molecule has 0 aliphatic carbocycles. The molecular weight excluding hydrogens is 206 g/mol. The van der Waals surface area contributed by atoms with Gasteiger partial charge < -0.3 is 11.5 Å². The molecule has 3 nitrogen and oxygen atoms in total. The summed E-state index contributed by atoms with van der Waals surface area (Å²) in [5, 5.41) is 3.05. The van der Waals surface area contributed by atoms with E-state index in [2.05, 4.69) is 4.98 Å². The Hall–Kier alpha value is -1.39. The van der Waals surface area contributed by atoms with Gasteiger partial charge in [0.25, 0.3) is 0 Å². The molecule has 15 heavy (non-hydrogen) atoms. The lowest BCUT2D eigenvalue weighted by atomic mass is 10.2. The number of rotatable bonds is 3. The minimum atomic E-state index is 0.639. The third-order valence-electron chi connectivity index (χ3n) is 2.09. The van der Waals surface area contributed by atoms with Crippen molar-refractivity contribution >= 4 is 17.0 Å². The molecule has 0 unspecified atom stereocenters. The number of aromatic nitrogens is 1. The number of nitrogens with two attached hydrogens (primary N) is 2. The Kier molecular flexibility index (Phi) is 2.99. The second-order valence-corrected chi connectivity index (χ2v) is 4.17. The van der Waals surface area contributed by atoms with Crippen molar-refractivity contribution in [1.29, 1.82) is 0 Å². The molecular formula is C11H13N3S. The second kappa shape index (κ2) is 4.42. The van der Waals surface area contributed by atoms with E-state index < -0.39 is 0 Å². The summed E-state index contributed by atoms with van der Waals surface area (Å²) in [7, 11) is 0. The van der Waals surface area contributed by atoms with Crippen molar-refractivity contribution in [3.63, 3.8) is 0 Å². The Morgan fingerprint density at radius 2 is 2.20 bits per heavy atom. The summed E-state index contributed by atoms with van der Waals surface area (Å²) in [6.45, 7) is 0.639. The highest BCUT2D eigenvalue weighted by Crippen LogP contribution is 2.25. The number of nitrogen functional groups attached to an aromatic ring is 1. The molecule has 0 radical (unpaired) electrons. The molecule has 0 saturated carbocycles. The molecule has 0 spiro atoms. The van der Waals surface area contributed by atoms with Gasteiger partial charge in [0.1, 0.15) is 5.01 Å². The molecule has 0 aliphatic heterocycles. The lowest BCUT2D eigenvalue weighted by molar-refractivity contribution is 0.936. The van der Waals surface area contributed by atoms with Gasteiger partial charge in [0, 0.05) is 23.1 Å². The zero-order valence-electron chi connectivity index (χ0n) is 8.31. The van der Waals surface area contributed by atoms with Crippen molar-refractivity contribution < 1.29 is 0 Å². The average Bonchev–Trinajstić information content (AvgIpc) is 2.67. The fraction of sp³-hybridized carbons (Fsp3) is 0.182. The van der Waals surface area contributed by atoms with E-state index in [1.807, 2.05) is 29.6 Å². The Bertz CT molecular complexity index is 451. The van der Waals surface area contributed by atoms with Crippen LogP contribution in [0.5, 0.6) is 0 Å². The second-order valence-electron chi connectivity index (χ2n) is 3.31. The van der Waals surface area contributed by atoms with Gasteiger partial charge in [-0.1, -0.05) is 12.1 Å². The lowest BCUT2D eigenvalue weighted by Gasteiger charge is -1.97. The van der Waals surface area contributed by atoms with Crippen molar-refractivity contribution in [2.75, 3.05) is 12.3 Å². The van der Waals surface area contributed by atoms with Gasteiger partial charge in [0.05, 0.1) is 5.69 Å². The first-order chi connectivity index (χ1) is 7.29. The van der Waals surface area contributed by atoms with Crippen molar-refractivity contribution in [3.05, 3.63) is 35.3 Å². The van der Waals surface area contributed by atoms with Gasteiger partial charge in [-0.05, 0) is 18.7 Å². The van der Waals surface area contributed by atoms with Gasteiger partial charge in [0.2, 0.25) is 0 Å². The van der Waals surface area contributed by atoms with E-state index in [1.165, 1.54) is 0 Å². The summed E-state index contributed by atoms with van der Waals surface area (Å²) in [4.78, 5) is 4.49. The van der Waals surface area contributed by atoms with Crippen molar-refractivity contribution in [2.45, 2.75) is 6.42 Å². The Balaban J connectivity index is 2.29. The quantitative estimate of drug-likeness (QED) is 0.775. The van der Waals surface area contributed by atoms with Crippen LogP contribution in [0.3, 0.4) is 0 Å². The van der Waals surface area contributed by atoms with Crippen LogP contribution in [0.4, 0.5) is 5.69 Å². The van der Waals surface area contributed by atoms with Gasteiger partial charge in [-0.2, -0.15) is 0 Å². The smallest absolute Gasteiger partial charge is 0.123 e. The highest BCUT2D eigenvalue weighted by Gasteiger charge is 2.03. The van der Waals surface area contributed by atoms with Crippen LogP contribution in [0.15, 0.2) is 29.6 Å². The van der Waals surface area contributed by atoms with E-state index >= 15 is 0 Å². The van der Waals surface area contributed by atoms with Gasteiger partial charge in [-0.3, -0.25) is 0 Å². The van der Waals surface area contributed by atoms with Gasteiger partial charge in [-0.15, -0.1) is 11.3 Å². The van der Waals surface area contributed by atoms with E-state index in [9.17, 15) is 0 Å². The van der Waals surface area contributed by atoms with E-state index in [0.717, 1.165) is 28.4 Å². The standard InChI is InChI=1S/C11H13N3S/c12-5-4-10-7-15-11(14-10)8-2-1-3-9(13)6-8/h1-3,6-7H,4-5,12-13H2. The normalized spacial score (nSPS) is 10.5. The van der Waals surface area contributed by atoms with E-state index in [-0.39, 0.29) is 0 Å². The van der Waals surface area contributed by atoms with Crippen molar-refractivity contribution in [3.8, 4) is 10.6 Å². The minimum Gasteiger partial charge on any atom is -0.399 e. The van der Waals surface area contributed by atoms with Crippen LogP contribution in [-0.2, 0) is 6.42 Å². The molecule has 0 atom stereocenters. The highest BCUT2D eigenvalue weighted by atomic mass is 32.1. The predicted molar refractivity (Wildman–Crippen MR) is 64.7 cm³/mol. The summed E-state index contributed by atoms with van der Waals surface area (Å²) < 4.78 is 0. The zero-order chi connectivity index (χ0) is 10.7. The first kappa shape index (κ1) is 10.1. The first-order valence-corrected chi connectivity index (χ1v) is 5.68. The number of anilines is 1. The number of hydrogen-bond donors (Lipinski definition) is 2. The molecule has 78 valence electrons. The Morgan fingerprint density at radius 1 is 1.33 bits per heavy atom. The van der Waals surface area contributed by atoms with E-state index in [4.69, 9.17) is 11.5 Å². The van der Waals surface area contributed by atoms with Crippen LogP contribution in [0.1, 0.15) is 5.69 Å². The molecule has 0 bridgehead atoms. The monoisotopic (exact) mass is 219 g/mol. The maximum Gasteiger partial charge on any atom is 0.123 e. The Morgan fingerprint density at radius 3 is 2.93 bits per heavy atom. The third kappa shape index (κ3) is 2.34. The molecule has 4 heteroatoms. The molecule has 1 aromatic heterocycles. The molecule has 0 amide bonds. The van der Waals surface area contributed by atoms with Crippen LogP contribution in [-0.4, -0.2) is 11.5 Å².